The lowest BCUT2D eigenvalue weighted by Crippen LogP contribution is -2.52. The molecule has 0 aliphatic carbocycles. The molecule has 0 bridgehead atoms. The van der Waals surface area contributed by atoms with Gasteiger partial charge >= 0.3 is 6.09 Å². The molecule has 0 saturated heterocycles. The molecule has 1 atom stereocenters. The van der Waals surface area contributed by atoms with Crippen LogP contribution in [-0.4, -0.2) is 60.4 Å². The summed E-state index contributed by atoms with van der Waals surface area (Å²) in [4.78, 5) is 41.3. The molecule has 0 aliphatic heterocycles. The zero-order valence-corrected chi connectivity index (χ0v) is 21.6. The van der Waals surface area contributed by atoms with Gasteiger partial charge in [-0.2, -0.15) is 0 Å². The van der Waals surface area contributed by atoms with Gasteiger partial charge in [0.2, 0.25) is 5.91 Å². The van der Waals surface area contributed by atoms with Crippen molar-refractivity contribution < 1.29 is 23.9 Å². The molecule has 0 heterocycles. The first kappa shape index (κ1) is 26.7. The van der Waals surface area contributed by atoms with Crippen molar-refractivity contribution in [1.82, 2.24) is 9.80 Å². The number of hydrogen-bond donors (Lipinski definition) is 0. The summed E-state index contributed by atoms with van der Waals surface area (Å²) >= 11 is 0. The van der Waals surface area contributed by atoms with Crippen LogP contribution in [0.4, 0.5) is 4.79 Å². The van der Waals surface area contributed by atoms with Crippen LogP contribution >= 0.6 is 0 Å². The Morgan fingerprint density at radius 1 is 0.972 bits per heavy atom. The summed E-state index contributed by atoms with van der Waals surface area (Å²) in [5, 5.41) is 2.11. The minimum absolute atomic E-state index is 0.229. The summed E-state index contributed by atoms with van der Waals surface area (Å²) in [6, 6.07) is 20.4. The van der Waals surface area contributed by atoms with Crippen molar-refractivity contribution in [3.63, 3.8) is 0 Å². The number of rotatable bonds is 9. The van der Waals surface area contributed by atoms with E-state index in [0.29, 0.717) is 12.0 Å². The SMILES string of the molecule is COc1ccccc1CN(C)C(=O)[C@H](Cc1ccc2ccccc2c1)N(CC=O)C(=O)OC(C)(C)C. The molecule has 2 amide bonds. The third-order valence-corrected chi connectivity index (χ3v) is 5.78. The van der Waals surface area contributed by atoms with Gasteiger partial charge in [0.05, 0.1) is 13.7 Å². The molecular weight excluding hydrogens is 456 g/mol. The second kappa shape index (κ2) is 11.7. The molecule has 36 heavy (non-hydrogen) atoms. The van der Waals surface area contributed by atoms with Crippen LogP contribution in [0.3, 0.4) is 0 Å². The van der Waals surface area contributed by atoms with Gasteiger partial charge < -0.3 is 19.2 Å². The highest BCUT2D eigenvalue weighted by molar-refractivity contribution is 5.88. The fraction of sp³-hybridized carbons (Fsp3) is 0.345. The number of carbonyl (C=O) groups is 3. The zero-order chi connectivity index (χ0) is 26.3. The summed E-state index contributed by atoms with van der Waals surface area (Å²) in [5.41, 5.74) is 0.926. The number of nitrogens with zero attached hydrogens (tertiary/aromatic N) is 2. The monoisotopic (exact) mass is 490 g/mol. The van der Waals surface area contributed by atoms with Crippen molar-refractivity contribution in [3.8, 4) is 5.75 Å². The van der Waals surface area contributed by atoms with Crippen LogP contribution in [0.25, 0.3) is 10.8 Å². The third-order valence-electron chi connectivity index (χ3n) is 5.78. The molecule has 0 fully saturated rings. The quantitative estimate of drug-likeness (QED) is 0.401. The van der Waals surface area contributed by atoms with Crippen molar-refractivity contribution in [2.45, 2.75) is 45.4 Å². The Balaban J connectivity index is 1.96. The molecule has 3 aromatic carbocycles. The van der Waals surface area contributed by atoms with E-state index in [4.69, 9.17) is 9.47 Å². The molecule has 7 heteroatoms. The van der Waals surface area contributed by atoms with Gasteiger partial charge in [0.1, 0.15) is 23.7 Å². The molecule has 0 spiro atoms. The summed E-state index contributed by atoms with van der Waals surface area (Å²) in [6.07, 6.45) is 0.136. The first-order valence-corrected chi connectivity index (χ1v) is 11.9. The lowest BCUT2D eigenvalue weighted by Gasteiger charge is -2.34. The number of carbonyl (C=O) groups excluding carboxylic acids is 3. The standard InChI is InChI=1S/C29H34N2O5/c1-29(2,3)36-28(34)31(16-17-32)25(19-21-14-15-22-10-6-7-11-23(22)18-21)27(33)30(4)20-24-12-8-9-13-26(24)35-5/h6-15,17-18,25H,16,19-20H2,1-5H3/t25-/m0/s1. The fourth-order valence-electron chi connectivity index (χ4n) is 4.07. The first-order chi connectivity index (χ1) is 17.1. The molecule has 0 aromatic heterocycles. The molecule has 0 aliphatic rings. The lowest BCUT2D eigenvalue weighted by molar-refractivity contribution is -0.136. The summed E-state index contributed by atoms with van der Waals surface area (Å²) in [5.74, 6) is 0.363. The third kappa shape index (κ3) is 6.84. The molecule has 0 saturated carbocycles. The van der Waals surface area contributed by atoms with Gasteiger partial charge in [0.15, 0.2) is 0 Å². The smallest absolute Gasteiger partial charge is 0.411 e. The highest BCUT2D eigenvalue weighted by Gasteiger charge is 2.35. The van der Waals surface area contributed by atoms with Crippen molar-refractivity contribution in [2.75, 3.05) is 20.7 Å². The van der Waals surface area contributed by atoms with E-state index in [1.165, 1.54) is 4.90 Å². The Bertz CT molecular complexity index is 1220. The van der Waals surface area contributed by atoms with E-state index in [1.54, 1.807) is 39.8 Å². The maximum atomic E-state index is 13.8. The van der Waals surface area contributed by atoms with Crippen LogP contribution in [0.5, 0.6) is 5.75 Å². The average Bonchev–Trinajstić information content (AvgIpc) is 2.84. The second-order valence-electron chi connectivity index (χ2n) is 9.71. The number of methoxy groups -OCH3 is 1. The van der Waals surface area contributed by atoms with Gasteiger partial charge in [0, 0.05) is 25.6 Å². The van der Waals surface area contributed by atoms with E-state index < -0.39 is 17.7 Å². The second-order valence-corrected chi connectivity index (χ2v) is 9.71. The van der Waals surface area contributed by atoms with Gasteiger partial charge in [0.25, 0.3) is 0 Å². The maximum Gasteiger partial charge on any atom is 0.411 e. The van der Waals surface area contributed by atoms with Gasteiger partial charge in [-0.05, 0) is 43.2 Å². The van der Waals surface area contributed by atoms with Gasteiger partial charge in [-0.25, -0.2) is 4.79 Å². The van der Waals surface area contributed by atoms with Crippen molar-refractivity contribution in [1.29, 1.82) is 0 Å². The van der Waals surface area contributed by atoms with Gasteiger partial charge in [-0.1, -0.05) is 60.7 Å². The number of hydrogen-bond acceptors (Lipinski definition) is 5. The number of amides is 2. The Hall–Kier alpha value is -3.87. The highest BCUT2D eigenvalue weighted by Crippen LogP contribution is 2.23. The largest absolute Gasteiger partial charge is 0.496 e. The van der Waals surface area contributed by atoms with Crippen LogP contribution < -0.4 is 4.74 Å². The molecule has 3 aromatic rings. The molecular formula is C29H34N2O5. The average molecular weight is 491 g/mol. The van der Waals surface area contributed by atoms with Crippen LogP contribution in [0.15, 0.2) is 66.7 Å². The number of likely N-dealkylation sites (N-methyl/N-ethyl adjacent to an activating group) is 1. The van der Waals surface area contributed by atoms with Crippen molar-refractivity contribution >= 4 is 29.1 Å². The molecule has 0 N–H and O–H groups in total. The van der Waals surface area contributed by atoms with E-state index in [9.17, 15) is 14.4 Å². The predicted octanol–water partition coefficient (Wildman–Crippen LogP) is 4.85. The number of benzene rings is 3. The number of fused-ring (bicyclic) bond motifs is 1. The maximum absolute atomic E-state index is 13.8. The van der Waals surface area contributed by atoms with Crippen molar-refractivity contribution in [2.24, 2.45) is 0 Å². The Labute approximate surface area is 212 Å². The molecule has 7 nitrogen and oxygen atoms in total. The van der Waals surface area contributed by atoms with Crippen molar-refractivity contribution in [3.05, 3.63) is 77.9 Å². The Kier molecular flexibility index (Phi) is 8.69. The van der Waals surface area contributed by atoms with Gasteiger partial charge in [-0.15, -0.1) is 0 Å². The molecule has 190 valence electrons. The van der Waals surface area contributed by atoms with Gasteiger partial charge in [-0.3, -0.25) is 9.69 Å². The van der Waals surface area contributed by atoms with Crippen LogP contribution in [-0.2, 0) is 27.3 Å². The zero-order valence-electron chi connectivity index (χ0n) is 21.6. The minimum Gasteiger partial charge on any atom is -0.496 e. The van der Waals surface area contributed by atoms with E-state index in [2.05, 4.69) is 0 Å². The number of ether oxygens (including phenoxy) is 2. The molecule has 0 radical (unpaired) electrons. The number of para-hydroxylation sites is 1. The van der Waals surface area contributed by atoms with E-state index in [0.717, 1.165) is 21.9 Å². The lowest BCUT2D eigenvalue weighted by atomic mass is 9.99. The summed E-state index contributed by atoms with van der Waals surface area (Å²) < 4.78 is 11.0. The Morgan fingerprint density at radius 2 is 1.64 bits per heavy atom. The predicted molar refractivity (Wildman–Crippen MR) is 140 cm³/mol. The topological polar surface area (TPSA) is 76.2 Å². The molecule has 0 unspecified atom stereocenters. The summed E-state index contributed by atoms with van der Waals surface area (Å²) in [6.45, 7) is 5.26. The van der Waals surface area contributed by atoms with Crippen LogP contribution in [0.2, 0.25) is 0 Å². The highest BCUT2D eigenvalue weighted by atomic mass is 16.6. The minimum atomic E-state index is -0.939. The summed E-state index contributed by atoms with van der Waals surface area (Å²) in [7, 11) is 3.26. The fourth-order valence-corrected chi connectivity index (χ4v) is 4.07. The number of aldehydes is 1. The van der Waals surface area contributed by atoms with E-state index in [1.807, 2.05) is 66.7 Å². The first-order valence-electron chi connectivity index (χ1n) is 11.9. The normalized spacial score (nSPS) is 12.0. The van der Waals surface area contributed by atoms with E-state index in [-0.39, 0.29) is 25.4 Å². The van der Waals surface area contributed by atoms with E-state index >= 15 is 0 Å². The molecule has 3 rings (SSSR count). The van der Waals surface area contributed by atoms with Crippen LogP contribution in [0.1, 0.15) is 31.9 Å². The Morgan fingerprint density at radius 3 is 2.31 bits per heavy atom. The van der Waals surface area contributed by atoms with Crippen LogP contribution in [0, 0.1) is 0 Å².